The molecule has 1 amide bonds. The maximum Gasteiger partial charge on any atom is 0.408 e. The molecule has 1 aliphatic rings. The molecule has 0 saturated heterocycles. The van der Waals surface area contributed by atoms with Gasteiger partial charge in [-0.1, -0.05) is 12.8 Å². The van der Waals surface area contributed by atoms with Gasteiger partial charge in [-0.15, -0.1) is 0 Å². The van der Waals surface area contributed by atoms with Crippen LogP contribution >= 0.6 is 15.9 Å². The summed E-state index contributed by atoms with van der Waals surface area (Å²) in [5.74, 6) is 0. The Morgan fingerprint density at radius 3 is 2.67 bits per heavy atom. The Balaban J connectivity index is 2.25. The predicted octanol–water partition coefficient (Wildman–Crippen LogP) is 4.22. The van der Waals surface area contributed by atoms with E-state index in [1.165, 1.54) is 0 Å². The highest BCUT2D eigenvalue weighted by Gasteiger charge is 2.38. The van der Waals surface area contributed by atoms with Gasteiger partial charge in [0.25, 0.3) is 0 Å². The number of amides is 1. The lowest BCUT2D eigenvalue weighted by Gasteiger charge is -2.45. The maximum atomic E-state index is 11.8. The van der Waals surface area contributed by atoms with E-state index in [4.69, 9.17) is 5.26 Å². The first-order valence-electron chi connectivity index (χ1n) is 8.08. The molecular weight excluding hydrogens is 372 g/mol. The molecule has 0 spiro atoms. The largest absolute Gasteiger partial charge is 0.465 e. The summed E-state index contributed by atoms with van der Waals surface area (Å²) in [5.41, 5.74) is 0.664. The second-order valence-corrected chi connectivity index (χ2v) is 7.95. The first-order chi connectivity index (χ1) is 11.2. The van der Waals surface area contributed by atoms with E-state index in [1.807, 2.05) is 32.9 Å². The lowest BCUT2D eigenvalue weighted by atomic mass is 9.86. The molecule has 0 aliphatic heterocycles. The SMILES string of the molecule is CC(C)(C)N(C(=O)O)[C@H]1CCCC[C@H]1Nc1cnc(C#N)c(Br)c1. The fraction of sp³-hybridized carbons (Fsp3) is 0.588. The molecule has 2 rings (SSSR count). The van der Waals surface area contributed by atoms with Gasteiger partial charge in [-0.2, -0.15) is 5.26 Å². The number of carbonyl (C=O) groups is 1. The van der Waals surface area contributed by atoms with E-state index in [0.717, 1.165) is 31.4 Å². The van der Waals surface area contributed by atoms with Crippen molar-refractivity contribution in [3.05, 3.63) is 22.4 Å². The molecule has 2 N–H and O–H groups in total. The zero-order chi connectivity index (χ0) is 17.9. The zero-order valence-electron chi connectivity index (χ0n) is 14.2. The third-order valence-electron chi connectivity index (χ3n) is 4.29. The molecule has 1 aliphatic carbocycles. The summed E-state index contributed by atoms with van der Waals surface area (Å²) in [5, 5.41) is 22.1. The smallest absolute Gasteiger partial charge is 0.408 e. The highest BCUT2D eigenvalue weighted by atomic mass is 79.9. The van der Waals surface area contributed by atoms with Crippen molar-refractivity contribution in [3.63, 3.8) is 0 Å². The van der Waals surface area contributed by atoms with Crippen molar-refractivity contribution in [1.82, 2.24) is 9.88 Å². The number of nitrogens with zero attached hydrogens (tertiary/aromatic N) is 3. The molecule has 2 atom stereocenters. The normalized spacial score (nSPS) is 21.0. The minimum atomic E-state index is -0.889. The molecular formula is C17H23BrN4O2. The van der Waals surface area contributed by atoms with Crippen molar-refractivity contribution in [1.29, 1.82) is 5.26 Å². The molecule has 1 aromatic heterocycles. The van der Waals surface area contributed by atoms with Crippen LogP contribution in [0.4, 0.5) is 10.5 Å². The average molecular weight is 395 g/mol. The number of rotatable bonds is 3. The average Bonchev–Trinajstić information content (AvgIpc) is 2.47. The fourth-order valence-corrected chi connectivity index (χ4v) is 3.77. The molecule has 0 bridgehead atoms. The van der Waals surface area contributed by atoms with Gasteiger partial charge in [0.15, 0.2) is 5.69 Å². The fourth-order valence-electron chi connectivity index (χ4n) is 3.33. The number of halogens is 1. The molecule has 7 heteroatoms. The van der Waals surface area contributed by atoms with Gasteiger partial charge in [-0.3, -0.25) is 4.90 Å². The first-order valence-corrected chi connectivity index (χ1v) is 8.88. The van der Waals surface area contributed by atoms with Gasteiger partial charge in [-0.05, 0) is 55.6 Å². The highest BCUT2D eigenvalue weighted by molar-refractivity contribution is 9.10. The second-order valence-electron chi connectivity index (χ2n) is 7.09. The van der Waals surface area contributed by atoms with Crippen LogP contribution in [0.3, 0.4) is 0 Å². The molecule has 0 unspecified atom stereocenters. The van der Waals surface area contributed by atoms with Crippen LogP contribution in [-0.2, 0) is 0 Å². The molecule has 1 heterocycles. The number of pyridine rings is 1. The zero-order valence-corrected chi connectivity index (χ0v) is 15.8. The van der Waals surface area contributed by atoms with E-state index in [2.05, 4.69) is 26.2 Å². The minimum Gasteiger partial charge on any atom is -0.465 e. The van der Waals surface area contributed by atoms with Gasteiger partial charge in [0.1, 0.15) is 6.07 Å². The number of hydrogen-bond donors (Lipinski definition) is 2. The summed E-state index contributed by atoms with van der Waals surface area (Å²) >= 11 is 3.34. The number of nitriles is 1. The summed E-state index contributed by atoms with van der Waals surface area (Å²) in [4.78, 5) is 17.5. The maximum absolute atomic E-state index is 11.8. The quantitative estimate of drug-likeness (QED) is 0.800. The topological polar surface area (TPSA) is 89.2 Å². The number of hydrogen-bond acceptors (Lipinski definition) is 4. The van der Waals surface area contributed by atoms with Crippen LogP contribution in [0.5, 0.6) is 0 Å². The van der Waals surface area contributed by atoms with Gasteiger partial charge in [-0.25, -0.2) is 9.78 Å². The Hall–Kier alpha value is -1.81. The first kappa shape index (κ1) is 18.5. The molecule has 1 fully saturated rings. The second kappa shape index (κ2) is 7.39. The van der Waals surface area contributed by atoms with Gasteiger partial charge < -0.3 is 10.4 Å². The van der Waals surface area contributed by atoms with Crippen LogP contribution in [0.2, 0.25) is 0 Å². The predicted molar refractivity (Wildman–Crippen MR) is 95.9 cm³/mol. The Morgan fingerprint density at radius 2 is 2.12 bits per heavy atom. The molecule has 1 saturated carbocycles. The molecule has 130 valence electrons. The number of anilines is 1. The van der Waals surface area contributed by atoms with Crippen molar-refractivity contribution < 1.29 is 9.90 Å². The summed E-state index contributed by atoms with van der Waals surface area (Å²) < 4.78 is 0.633. The number of nitrogens with one attached hydrogen (secondary N) is 1. The van der Waals surface area contributed by atoms with Crippen molar-refractivity contribution in [2.75, 3.05) is 5.32 Å². The molecule has 24 heavy (non-hydrogen) atoms. The van der Waals surface area contributed by atoms with Crippen LogP contribution < -0.4 is 5.32 Å². The molecule has 0 aromatic carbocycles. The summed E-state index contributed by atoms with van der Waals surface area (Å²) in [6.45, 7) is 5.77. The van der Waals surface area contributed by atoms with Crippen molar-refractivity contribution in [2.24, 2.45) is 0 Å². The standard InChI is InChI=1S/C17H23BrN4O2/c1-17(2,3)22(16(23)24)15-7-5-4-6-13(15)21-11-8-12(18)14(9-19)20-10-11/h8,10,13,15,21H,4-7H2,1-3H3,(H,23,24)/t13-,15+/m1/s1. The molecule has 0 radical (unpaired) electrons. The summed E-state index contributed by atoms with van der Waals surface area (Å²) in [6.07, 6.45) is 4.57. The highest BCUT2D eigenvalue weighted by Crippen LogP contribution is 2.31. The third kappa shape index (κ3) is 4.18. The van der Waals surface area contributed by atoms with E-state index in [-0.39, 0.29) is 12.1 Å². The number of aromatic nitrogens is 1. The van der Waals surface area contributed by atoms with Gasteiger partial charge in [0, 0.05) is 11.6 Å². The van der Waals surface area contributed by atoms with Crippen LogP contribution in [-0.4, -0.2) is 38.7 Å². The van der Waals surface area contributed by atoms with Crippen LogP contribution in [0.15, 0.2) is 16.7 Å². The van der Waals surface area contributed by atoms with E-state index in [1.54, 1.807) is 11.1 Å². The van der Waals surface area contributed by atoms with Crippen molar-refractivity contribution in [2.45, 2.75) is 64.1 Å². The third-order valence-corrected chi connectivity index (χ3v) is 4.89. The van der Waals surface area contributed by atoms with E-state index in [9.17, 15) is 9.90 Å². The lowest BCUT2D eigenvalue weighted by molar-refractivity contribution is 0.0520. The van der Waals surface area contributed by atoms with Gasteiger partial charge in [0.05, 0.1) is 22.4 Å². The van der Waals surface area contributed by atoms with E-state index >= 15 is 0 Å². The Labute approximate surface area is 151 Å². The van der Waals surface area contributed by atoms with E-state index in [0.29, 0.717) is 10.2 Å². The van der Waals surface area contributed by atoms with Gasteiger partial charge >= 0.3 is 6.09 Å². The Bertz CT molecular complexity index is 651. The van der Waals surface area contributed by atoms with Crippen molar-refractivity contribution in [3.8, 4) is 6.07 Å². The molecule has 1 aromatic rings. The van der Waals surface area contributed by atoms with Crippen LogP contribution in [0.1, 0.15) is 52.1 Å². The van der Waals surface area contributed by atoms with Crippen LogP contribution in [0.25, 0.3) is 0 Å². The van der Waals surface area contributed by atoms with Gasteiger partial charge in [0.2, 0.25) is 0 Å². The Kier molecular flexibility index (Phi) is 5.70. The molecule has 6 nitrogen and oxygen atoms in total. The minimum absolute atomic E-state index is 0.0238. The Morgan fingerprint density at radius 1 is 1.46 bits per heavy atom. The number of carboxylic acid groups (broad SMARTS) is 1. The van der Waals surface area contributed by atoms with Crippen molar-refractivity contribution >= 4 is 27.7 Å². The summed E-state index contributed by atoms with van der Waals surface area (Å²) in [6, 6.07) is 3.77. The summed E-state index contributed by atoms with van der Waals surface area (Å²) in [7, 11) is 0. The van der Waals surface area contributed by atoms with E-state index < -0.39 is 11.6 Å². The van der Waals surface area contributed by atoms with Crippen LogP contribution in [0, 0.1) is 11.3 Å². The lowest BCUT2D eigenvalue weighted by Crippen LogP contribution is -2.58. The monoisotopic (exact) mass is 394 g/mol.